The first-order chi connectivity index (χ1) is 11.7. The Labute approximate surface area is 138 Å². The standard InChI is InChI=1S/C17H17N3O4/c1-22-13-6-7-14(23-2)16-15(13)19-10-20(16)9-12-11(17(21)24-3)5-4-8-18-12/h4-8,10H,9H2,1-3H3. The minimum absolute atomic E-state index is 0.352. The van der Waals surface area contributed by atoms with Gasteiger partial charge in [-0.15, -0.1) is 0 Å². The Hall–Kier alpha value is -3.09. The number of carbonyl (C=O) groups is 1. The molecule has 0 spiro atoms. The van der Waals surface area contributed by atoms with E-state index in [1.807, 2.05) is 10.6 Å². The topological polar surface area (TPSA) is 75.5 Å². The molecule has 2 aromatic heterocycles. The molecule has 0 saturated heterocycles. The molecule has 7 heteroatoms. The molecule has 0 atom stereocenters. The summed E-state index contributed by atoms with van der Waals surface area (Å²) in [6.07, 6.45) is 3.31. The summed E-state index contributed by atoms with van der Waals surface area (Å²) < 4.78 is 17.5. The quantitative estimate of drug-likeness (QED) is 0.669. The number of benzene rings is 1. The summed E-state index contributed by atoms with van der Waals surface area (Å²) in [6.45, 7) is 0.352. The summed E-state index contributed by atoms with van der Waals surface area (Å²) in [6, 6.07) is 7.01. The van der Waals surface area contributed by atoms with Gasteiger partial charge in [0.2, 0.25) is 0 Å². The zero-order chi connectivity index (χ0) is 17.1. The number of ether oxygens (including phenoxy) is 3. The number of fused-ring (bicyclic) bond motifs is 1. The Morgan fingerprint density at radius 3 is 2.54 bits per heavy atom. The van der Waals surface area contributed by atoms with Crippen molar-refractivity contribution in [1.29, 1.82) is 0 Å². The maximum atomic E-state index is 11.9. The summed E-state index contributed by atoms with van der Waals surface area (Å²) >= 11 is 0. The van der Waals surface area contributed by atoms with E-state index in [1.54, 1.807) is 44.9 Å². The molecule has 0 N–H and O–H groups in total. The highest BCUT2D eigenvalue weighted by Crippen LogP contribution is 2.32. The highest BCUT2D eigenvalue weighted by molar-refractivity contribution is 5.91. The van der Waals surface area contributed by atoms with Crippen LogP contribution in [0.3, 0.4) is 0 Å². The van der Waals surface area contributed by atoms with E-state index in [1.165, 1.54) is 7.11 Å². The van der Waals surface area contributed by atoms with E-state index in [-0.39, 0.29) is 0 Å². The van der Waals surface area contributed by atoms with E-state index in [4.69, 9.17) is 14.2 Å². The first-order valence-corrected chi connectivity index (χ1v) is 7.27. The Bertz CT molecular complexity index is 889. The Morgan fingerprint density at radius 2 is 1.83 bits per heavy atom. The van der Waals surface area contributed by atoms with E-state index >= 15 is 0 Å². The molecular formula is C17H17N3O4. The minimum Gasteiger partial charge on any atom is -0.494 e. The molecule has 0 bridgehead atoms. The molecule has 124 valence electrons. The average Bonchev–Trinajstić information content (AvgIpc) is 3.05. The number of hydrogen-bond acceptors (Lipinski definition) is 6. The lowest BCUT2D eigenvalue weighted by Gasteiger charge is -2.11. The summed E-state index contributed by atoms with van der Waals surface area (Å²) in [5.74, 6) is 0.893. The zero-order valence-corrected chi connectivity index (χ0v) is 13.6. The van der Waals surface area contributed by atoms with Gasteiger partial charge in [-0.1, -0.05) is 0 Å². The molecule has 2 heterocycles. The van der Waals surface area contributed by atoms with E-state index in [9.17, 15) is 4.79 Å². The molecule has 0 aliphatic heterocycles. The lowest BCUT2D eigenvalue weighted by atomic mass is 10.2. The average molecular weight is 327 g/mol. The van der Waals surface area contributed by atoms with Crippen LogP contribution in [0.4, 0.5) is 0 Å². The van der Waals surface area contributed by atoms with Crippen molar-refractivity contribution in [2.75, 3.05) is 21.3 Å². The third-order valence-electron chi connectivity index (χ3n) is 3.75. The van der Waals surface area contributed by atoms with Gasteiger partial charge in [0.15, 0.2) is 0 Å². The molecule has 0 radical (unpaired) electrons. The van der Waals surface area contributed by atoms with Crippen LogP contribution < -0.4 is 9.47 Å². The van der Waals surface area contributed by atoms with Gasteiger partial charge in [0.1, 0.15) is 22.5 Å². The molecule has 0 unspecified atom stereocenters. The smallest absolute Gasteiger partial charge is 0.339 e. The number of esters is 1. The van der Waals surface area contributed by atoms with Crippen LogP contribution in [0, 0.1) is 0 Å². The fourth-order valence-electron chi connectivity index (χ4n) is 2.60. The third kappa shape index (κ3) is 2.64. The van der Waals surface area contributed by atoms with E-state index in [0.717, 1.165) is 5.52 Å². The van der Waals surface area contributed by atoms with Gasteiger partial charge in [0.05, 0.1) is 45.5 Å². The van der Waals surface area contributed by atoms with Crippen LogP contribution in [0.1, 0.15) is 16.1 Å². The summed E-state index contributed by atoms with van der Waals surface area (Å²) in [4.78, 5) is 20.6. The van der Waals surface area contributed by atoms with E-state index in [0.29, 0.717) is 34.8 Å². The predicted octanol–water partition coefficient (Wildman–Crippen LogP) is 2.28. The number of methoxy groups -OCH3 is 3. The van der Waals surface area contributed by atoms with Crippen LogP contribution in [0.15, 0.2) is 36.8 Å². The van der Waals surface area contributed by atoms with Crippen LogP contribution >= 0.6 is 0 Å². The number of nitrogens with zero attached hydrogens (tertiary/aromatic N) is 3. The lowest BCUT2D eigenvalue weighted by molar-refractivity contribution is 0.0598. The van der Waals surface area contributed by atoms with Gasteiger partial charge in [-0.2, -0.15) is 0 Å². The van der Waals surface area contributed by atoms with Crippen molar-refractivity contribution < 1.29 is 19.0 Å². The molecule has 0 fully saturated rings. The van der Waals surface area contributed by atoms with Crippen molar-refractivity contribution in [1.82, 2.24) is 14.5 Å². The Balaban J connectivity index is 2.11. The monoisotopic (exact) mass is 327 g/mol. The lowest BCUT2D eigenvalue weighted by Crippen LogP contribution is -2.10. The molecule has 0 aliphatic rings. The Morgan fingerprint density at radius 1 is 1.08 bits per heavy atom. The number of pyridine rings is 1. The second-order valence-electron chi connectivity index (χ2n) is 5.03. The summed E-state index contributed by atoms with van der Waals surface area (Å²) in [7, 11) is 4.53. The van der Waals surface area contributed by atoms with Crippen molar-refractivity contribution in [2.45, 2.75) is 6.54 Å². The van der Waals surface area contributed by atoms with Crippen LogP contribution in [-0.2, 0) is 11.3 Å². The van der Waals surface area contributed by atoms with Gasteiger partial charge in [0.25, 0.3) is 0 Å². The molecule has 0 saturated carbocycles. The normalized spacial score (nSPS) is 10.6. The number of carbonyl (C=O) groups excluding carboxylic acids is 1. The highest BCUT2D eigenvalue weighted by atomic mass is 16.5. The van der Waals surface area contributed by atoms with Gasteiger partial charge in [-0.3, -0.25) is 4.98 Å². The van der Waals surface area contributed by atoms with Gasteiger partial charge >= 0.3 is 5.97 Å². The predicted molar refractivity (Wildman–Crippen MR) is 87.5 cm³/mol. The first-order valence-electron chi connectivity index (χ1n) is 7.27. The molecule has 0 aliphatic carbocycles. The van der Waals surface area contributed by atoms with Crippen LogP contribution in [0.5, 0.6) is 11.5 Å². The minimum atomic E-state index is -0.424. The fraction of sp³-hybridized carbons (Fsp3) is 0.235. The molecule has 1 aromatic carbocycles. The van der Waals surface area contributed by atoms with Gasteiger partial charge in [-0.25, -0.2) is 9.78 Å². The maximum Gasteiger partial charge on any atom is 0.339 e. The fourth-order valence-corrected chi connectivity index (χ4v) is 2.60. The van der Waals surface area contributed by atoms with Crippen molar-refractivity contribution in [3.05, 3.63) is 48.0 Å². The highest BCUT2D eigenvalue weighted by Gasteiger charge is 2.17. The third-order valence-corrected chi connectivity index (χ3v) is 3.75. The van der Waals surface area contributed by atoms with Crippen molar-refractivity contribution in [3.8, 4) is 11.5 Å². The van der Waals surface area contributed by atoms with Gasteiger partial charge in [-0.05, 0) is 24.3 Å². The van der Waals surface area contributed by atoms with E-state index in [2.05, 4.69) is 9.97 Å². The van der Waals surface area contributed by atoms with Crippen LogP contribution in [0.25, 0.3) is 11.0 Å². The SMILES string of the molecule is COC(=O)c1cccnc1Cn1cnc2c(OC)ccc(OC)c21. The zero-order valence-electron chi connectivity index (χ0n) is 13.6. The Kier molecular flexibility index (Phi) is 4.33. The number of rotatable bonds is 5. The molecule has 24 heavy (non-hydrogen) atoms. The van der Waals surface area contributed by atoms with Crippen molar-refractivity contribution >= 4 is 17.0 Å². The maximum absolute atomic E-state index is 11.9. The van der Waals surface area contributed by atoms with E-state index < -0.39 is 5.97 Å². The van der Waals surface area contributed by atoms with Gasteiger partial charge < -0.3 is 18.8 Å². The van der Waals surface area contributed by atoms with Crippen LogP contribution in [-0.4, -0.2) is 41.8 Å². The second kappa shape index (κ2) is 6.57. The molecular weight excluding hydrogens is 310 g/mol. The largest absolute Gasteiger partial charge is 0.494 e. The summed E-state index contributed by atoms with van der Waals surface area (Å²) in [5.41, 5.74) is 2.47. The summed E-state index contributed by atoms with van der Waals surface area (Å²) in [5, 5.41) is 0. The first kappa shape index (κ1) is 15.8. The molecule has 3 aromatic rings. The van der Waals surface area contributed by atoms with Crippen molar-refractivity contribution in [3.63, 3.8) is 0 Å². The molecule has 7 nitrogen and oxygen atoms in total. The second-order valence-corrected chi connectivity index (χ2v) is 5.03. The number of hydrogen-bond donors (Lipinski definition) is 0. The van der Waals surface area contributed by atoms with Gasteiger partial charge in [0, 0.05) is 6.20 Å². The number of imidazole rings is 1. The van der Waals surface area contributed by atoms with Crippen LogP contribution in [0.2, 0.25) is 0 Å². The number of aromatic nitrogens is 3. The molecule has 3 rings (SSSR count). The van der Waals surface area contributed by atoms with Crippen molar-refractivity contribution in [2.24, 2.45) is 0 Å². The molecule has 0 amide bonds.